The summed E-state index contributed by atoms with van der Waals surface area (Å²) < 4.78 is 4.99. The van der Waals surface area contributed by atoms with Crippen molar-refractivity contribution in [2.75, 3.05) is 18.6 Å². The smallest absolute Gasteiger partial charge is 0.338 e. The van der Waals surface area contributed by atoms with E-state index in [1.54, 1.807) is 55.5 Å². The molecule has 158 valence electrons. The van der Waals surface area contributed by atoms with Gasteiger partial charge in [0.25, 0.3) is 5.91 Å². The van der Waals surface area contributed by atoms with E-state index in [9.17, 15) is 19.6 Å². The van der Waals surface area contributed by atoms with E-state index in [2.05, 4.69) is 5.32 Å². The van der Waals surface area contributed by atoms with Crippen LogP contribution in [-0.4, -0.2) is 36.7 Å². The Labute approximate surface area is 184 Å². The molecule has 31 heavy (non-hydrogen) atoms. The van der Waals surface area contributed by atoms with Crippen LogP contribution in [0.5, 0.6) is 0 Å². The molecule has 1 heterocycles. The van der Waals surface area contributed by atoms with Gasteiger partial charge in [-0.1, -0.05) is 42.1 Å². The minimum atomic E-state index is -0.543. The maximum absolute atomic E-state index is 13.3. The Morgan fingerprint density at radius 3 is 2.42 bits per heavy atom. The van der Waals surface area contributed by atoms with E-state index in [0.29, 0.717) is 29.3 Å². The second kappa shape index (κ2) is 9.96. The van der Waals surface area contributed by atoms with Crippen molar-refractivity contribution < 1.29 is 19.1 Å². The van der Waals surface area contributed by atoms with Crippen molar-refractivity contribution in [2.24, 2.45) is 0 Å². The Morgan fingerprint density at radius 2 is 1.84 bits per heavy atom. The average molecular weight is 436 g/mol. The maximum Gasteiger partial charge on any atom is 0.338 e. The molecule has 1 saturated heterocycles. The number of nitriles is 1. The van der Waals surface area contributed by atoms with Crippen LogP contribution < -0.4 is 10.2 Å². The zero-order valence-corrected chi connectivity index (χ0v) is 17.9. The molecule has 1 N–H and O–H groups in total. The van der Waals surface area contributed by atoms with Crippen LogP contribution >= 0.6 is 11.8 Å². The lowest BCUT2D eigenvalue weighted by Gasteiger charge is -2.18. The SMILES string of the molecule is CCOC(=O)c1ccc(C[C@@H]2S/C(=C(\C#N)C(=O)NC)N(c3ccccc3)C2=O)cc1. The number of nitrogens with one attached hydrogen (secondary N) is 1. The first-order valence-electron chi connectivity index (χ1n) is 9.68. The minimum Gasteiger partial charge on any atom is -0.462 e. The van der Waals surface area contributed by atoms with Gasteiger partial charge in [-0.25, -0.2) is 4.79 Å². The number of ether oxygens (including phenoxy) is 1. The lowest BCUT2D eigenvalue weighted by atomic mass is 10.1. The van der Waals surface area contributed by atoms with Crippen LogP contribution in [0.1, 0.15) is 22.8 Å². The molecule has 0 aliphatic carbocycles. The summed E-state index contributed by atoms with van der Waals surface area (Å²) in [6.45, 7) is 2.04. The molecule has 1 aliphatic rings. The molecule has 2 aromatic rings. The highest BCUT2D eigenvalue weighted by Gasteiger charge is 2.40. The van der Waals surface area contributed by atoms with Gasteiger partial charge in [-0.15, -0.1) is 0 Å². The van der Waals surface area contributed by atoms with Gasteiger partial charge in [-0.2, -0.15) is 5.26 Å². The first kappa shape index (κ1) is 22.1. The van der Waals surface area contributed by atoms with Crippen molar-refractivity contribution in [1.29, 1.82) is 5.26 Å². The summed E-state index contributed by atoms with van der Waals surface area (Å²) in [6.07, 6.45) is 0.381. The number of likely N-dealkylation sites (N-methyl/N-ethyl adjacent to an activating group) is 1. The van der Waals surface area contributed by atoms with E-state index in [0.717, 1.165) is 5.56 Å². The third-order valence-electron chi connectivity index (χ3n) is 4.63. The molecule has 0 unspecified atom stereocenters. The third-order valence-corrected chi connectivity index (χ3v) is 5.90. The van der Waals surface area contributed by atoms with E-state index in [1.807, 2.05) is 12.1 Å². The lowest BCUT2D eigenvalue weighted by Crippen LogP contribution is -2.31. The Balaban J connectivity index is 1.92. The van der Waals surface area contributed by atoms with Crippen molar-refractivity contribution in [1.82, 2.24) is 5.32 Å². The fourth-order valence-corrected chi connectivity index (χ4v) is 4.44. The topological polar surface area (TPSA) is 99.5 Å². The number of carbonyl (C=O) groups is 3. The highest BCUT2D eigenvalue weighted by atomic mass is 32.2. The molecular weight excluding hydrogens is 414 g/mol. The van der Waals surface area contributed by atoms with Crippen LogP contribution in [0.25, 0.3) is 0 Å². The quantitative estimate of drug-likeness (QED) is 0.425. The summed E-state index contributed by atoms with van der Waals surface area (Å²) in [5.41, 5.74) is 1.78. The second-order valence-electron chi connectivity index (χ2n) is 6.61. The number of hydrogen-bond acceptors (Lipinski definition) is 6. The average Bonchev–Trinajstić information content (AvgIpc) is 3.10. The maximum atomic E-state index is 13.3. The molecule has 1 atom stereocenters. The van der Waals surface area contributed by atoms with Crippen LogP contribution in [0.4, 0.5) is 5.69 Å². The highest BCUT2D eigenvalue weighted by molar-refractivity contribution is 8.05. The van der Waals surface area contributed by atoms with Crippen LogP contribution in [0.15, 0.2) is 65.2 Å². The molecule has 8 heteroatoms. The van der Waals surface area contributed by atoms with Crippen LogP contribution in [0.3, 0.4) is 0 Å². The van der Waals surface area contributed by atoms with Crippen molar-refractivity contribution in [2.45, 2.75) is 18.6 Å². The molecule has 3 rings (SSSR count). The van der Waals surface area contributed by atoms with Gasteiger partial charge in [-0.05, 0) is 43.2 Å². The number of nitrogens with zero attached hydrogens (tertiary/aromatic N) is 2. The van der Waals surface area contributed by atoms with Gasteiger partial charge in [0.1, 0.15) is 16.7 Å². The molecule has 2 aromatic carbocycles. The van der Waals surface area contributed by atoms with Crippen LogP contribution in [0.2, 0.25) is 0 Å². The Bertz CT molecular complexity index is 1060. The number of para-hydroxylation sites is 1. The number of thioether (sulfide) groups is 1. The molecule has 0 saturated carbocycles. The van der Waals surface area contributed by atoms with Crippen LogP contribution in [0, 0.1) is 11.3 Å². The van der Waals surface area contributed by atoms with E-state index in [4.69, 9.17) is 4.74 Å². The Kier molecular flexibility index (Phi) is 7.11. The molecular formula is C23H21N3O4S. The highest BCUT2D eigenvalue weighted by Crippen LogP contribution is 2.41. The summed E-state index contributed by atoms with van der Waals surface area (Å²) in [4.78, 5) is 38.8. The number of amides is 2. The molecule has 7 nitrogen and oxygen atoms in total. The van der Waals surface area contributed by atoms with Crippen molar-refractivity contribution in [3.05, 3.63) is 76.3 Å². The summed E-state index contributed by atoms with van der Waals surface area (Å²) in [7, 11) is 1.44. The summed E-state index contributed by atoms with van der Waals surface area (Å²) in [5.74, 6) is -1.15. The number of benzene rings is 2. The van der Waals surface area contributed by atoms with Gasteiger partial charge in [0, 0.05) is 12.7 Å². The zero-order valence-electron chi connectivity index (χ0n) is 17.1. The summed E-state index contributed by atoms with van der Waals surface area (Å²) in [6, 6.07) is 17.7. The van der Waals surface area contributed by atoms with Gasteiger partial charge in [0.05, 0.1) is 17.4 Å². The molecule has 0 spiro atoms. The number of rotatable bonds is 6. The Morgan fingerprint density at radius 1 is 1.16 bits per heavy atom. The molecule has 1 fully saturated rings. The van der Waals surface area contributed by atoms with E-state index >= 15 is 0 Å². The largest absolute Gasteiger partial charge is 0.462 e. The summed E-state index contributed by atoms with van der Waals surface area (Å²) >= 11 is 1.19. The van der Waals surface area contributed by atoms with E-state index in [1.165, 1.54) is 23.7 Å². The van der Waals surface area contributed by atoms with E-state index < -0.39 is 17.1 Å². The molecule has 0 radical (unpaired) electrons. The van der Waals surface area contributed by atoms with Gasteiger partial charge < -0.3 is 10.1 Å². The first-order chi connectivity index (χ1) is 15.0. The fourth-order valence-electron chi connectivity index (χ4n) is 3.13. The van der Waals surface area contributed by atoms with Gasteiger partial charge >= 0.3 is 5.97 Å². The monoisotopic (exact) mass is 435 g/mol. The Hall–Kier alpha value is -3.57. The molecule has 2 amide bonds. The van der Waals surface area contributed by atoms with Gasteiger partial charge in [0.2, 0.25) is 5.91 Å². The van der Waals surface area contributed by atoms with Crippen molar-refractivity contribution in [3.8, 4) is 6.07 Å². The fraction of sp³-hybridized carbons (Fsp3) is 0.217. The number of hydrogen-bond donors (Lipinski definition) is 1. The van der Waals surface area contributed by atoms with Gasteiger partial charge in [-0.3, -0.25) is 14.5 Å². The standard InChI is InChI=1S/C23H21N3O4S/c1-3-30-23(29)16-11-9-15(10-12-16)13-19-21(28)26(17-7-5-4-6-8-17)22(31-19)18(14-24)20(27)25-2/h4-12,19H,3,13H2,1-2H3,(H,25,27)/b22-18+/t19-/m0/s1. The normalized spacial score (nSPS) is 17.1. The number of carbonyl (C=O) groups excluding carboxylic acids is 3. The van der Waals surface area contributed by atoms with Crippen LogP contribution in [-0.2, 0) is 20.7 Å². The van der Waals surface area contributed by atoms with E-state index in [-0.39, 0.29) is 11.5 Å². The van der Waals surface area contributed by atoms with Gasteiger partial charge in [0.15, 0.2) is 0 Å². The van der Waals surface area contributed by atoms with Crippen molar-refractivity contribution in [3.63, 3.8) is 0 Å². The minimum absolute atomic E-state index is 0.107. The molecule has 0 bridgehead atoms. The molecule has 0 aromatic heterocycles. The first-order valence-corrected chi connectivity index (χ1v) is 10.6. The number of anilines is 1. The zero-order chi connectivity index (χ0) is 22.4. The predicted molar refractivity (Wildman–Crippen MR) is 118 cm³/mol. The summed E-state index contributed by atoms with van der Waals surface area (Å²) in [5, 5.41) is 11.8. The second-order valence-corrected chi connectivity index (χ2v) is 7.80. The lowest BCUT2D eigenvalue weighted by molar-refractivity contribution is -0.117. The van der Waals surface area contributed by atoms with Crippen molar-refractivity contribution >= 4 is 35.2 Å². The third kappa shape index (κ3) is 4.78. The molecule has 1 aliphatic heterocycles. The predicted octanol–water partition coefficient (Wildman–Crippen LogP) is 3.04. The number of esters is 1.